The molecule has 0 N–H and O–H groups in total. The van der Waals surface area contributed by atoms with Crippen molar-refractivity contribution < 1.29 is 4.74 Å². The summed E-state index contributed by atoms with van der Waals surface area (Å²) in [5, 5.41) is 0. The first-order valence-corrected chi connectivity index (χ1v) is 6.89. The van der Waals surface area contributed by atoms with Gasteiger partial charge in [-0.25, -0.2) is 0 Å². The van der Waals surface area contributed by atoms with E-state index < -0.39 is 0 Å². The monoisotopic (exact) mass is 234 g/mol. The molecule has 0 spiro atoms. The van der Waals surface area contributed by atoms with Gasteiger partial charge in [-0.2, -0.15) is 0 Å². The maximum atomic E-state index is 5.85. The molecule has 1 atom stereocenters. The second-order valence-electron chi connectivity index (χ2n) is 4.96. The van der Waals surface area contributed by atoms with Crippen LogP contribution in [0.5, 0.6) is 0 Å². The van der Waals surface area contributed by atoms with Gasteiger partial charge in [-0.05, 0) is 25.8 Å². The molecule has 17 heavy (non-hydrogen) atoms. The molecule has 1 aromatic rings. The second kappa shape index (κ2) is 8.30. The molecule has 1 unspecified atom stereocenters. The van der Waals surface area contributed by atoms with Crippen LogP contribution in [-0.4, -0.2) is 6.10 Å². The molecule has 1 rings (SSSR count). The fourth-order valence-electron chi connectivity index (χ4n) is 1.86. The lowest BCUT2D eigenvalue weighted by Gasteiger charge is -2.13. The largest absolute Gasteiger partial charge is 0.374 e. The average molecular weight is 234 g/mol. The molecule has 0 saturated carbocycles. The summed E-state index contributed by atoms with van der Waals surface area (Å²) < 4.78 is 5.85. The Bertz CT molecular complexity index is 289. The Labute approximate surface area is 106 Å². The van der Waals surface area contributed by atoms with Gasteiger partial charge in [0.25, 0.3) is 0 Å². The Balaban J connectivity index is 2.14. The number of benzene rings is 1. The van der Waals surface area contributed by atoms with Crippen LogP contribution in [0.1, 0.15) is 57.1 Å². The van der Waals surface area contributed by atoms with Gasteiger partial charge in [0, 0.05) is 0 Å². The summed E-state index contributed by atoms with van der Waals surface area (Å²) in [4.78, 5) is 0. The SMILES string of the molecule is CCCCCCC(C)OCc1ccc(C)cc1. The van der Waals surface area contributed by atoms with Gasteiger partial charge in [0.1, 0.15) is 0 Å². The number of hydrogen-bond donors (Lipinski definition) is 0. The van der Waals surface area contributed by atoms with Crippen LogP contribution >= 0.6 is 0 Å². The van der Waals surface area contributed by atoms with E-state index in [1.165, 1.54) is 43.2 Å². The molecule has 0 aliphatic carbocycles. The first-order chi connectivity index (χ1) is 8.22. The summed E-state index contributed by atoms with van der Waals surface area (Å²) in [5.41, 5.74) is 2.58. The van der Waals surface area contributed by atoms with Gasteiger partial charge in [0.05, 0.1) is 12.7 Å². The molecule has 0 aliphatic heterocycles. The smallest absolute Gasteiger partial charge is 0.0720 e. The van der Waals surface area contributed by atoms with Crippen molar-refractivity contribution in [3.8, 4) is 0 Å². The van der Waals surface area contributed by atoms with Crippen LogP contribution in [-0.2, 0) is 11.3 Å². The zero-order chi connectivity index (χ0) is 12.5. The minimum Gasteiger partial charge on any atom is -0.374 e. The molecular formula is C16H26O. The highest BCUT2D eigenvalue weighted by Gasteiger charge is 2.02. The summed E-state index contributed by atoms with van der Waals surface area (Å²) >= 11 is 0. The van der Waals surface area contributed by atoms with E-state index in [2.05, 4.69) is 45.0 Å². The summed E-state index contributed by atoms with van der Waals surface area (Å²) in [6.45, 7) is 7.29. The molecule has 1 heteroatoms. The number of ether oxygens (including phenoxy) is 1. The Morgan fingerprint density at radius 2 is 1.76 bits per heavy atom. The van der Waals surface area contributed by atoms with Crippen LogP contribution < -0.4 is 0 Å². The third-order valence-electron chi connectivity index (χ3n) is 3.12. The Hall–Kier alpha value is -0.820. The van der Waals surface area contributed by atoms with Gasteiger partial charge in [-0.1, -0.05) is 62.4 Å². The molecule has 96 valence electrons. The van der Waals surface area contributed by atoms with Crippen LogP contribution in [0.25, 0.3) is 0 Å². The lowest BCUT2D eigenvalue weighted by molar-refractivity contribution is 0.0459. The molecule has 1 aromatic carbocycles. The minimum absolute atomic E-state index is 0.383. The predicted molar refractivity (Wildman–Crippen MR) is 74.2 cm³/mol. The van der Waals surface area contributed by atoms with Crippen molar-refractivity contribution in [2.45, 2.75) is 65.6 Å². The quantitative estimate of drug-likeness (QED) is 0.583. The fraction of sp³-hybridized carbons (Fsp3) is 0.625. The van der Waals surface area contributed by atoms with Crippen LogP contribution in [0.2, 0.25) is 0 Å². The van der Waals surface area contributed by atoms with Crippen molar-refractivity contribution in [3.63, 3.8) is 0 Å². The van der Waals surface area contributed by atoms with E-state index in [9.17, 15) is 0 Å². The van der Waals surface area contributed by atoms with E-state index in [0.717, 1.165) is 6.61 Å². The van der Waals surface area contributed by atoms with Crippen LogP contribution in [0, 0.1) is 6.92 Å². The fourth-order valence-corrected chi connectivity index (χ4v) is 1.86. The van der Waals surface area contributed by atoms with Gasteiger partial charge in [-0.15, -0.1) is 0 Å². The Morgan fingerprint density at radius 1 is 1.06 bits per heavy atom. The first kappa shape index (κ1) is 14.2. The average Bonchev–Trinajstić information content (AvgIpc) is 2.34. The molecule has 0 aromatic heterocycles. The van der Waals surface area contributed by atoms with Crippen LogP contribution in [0.3, 0.4) is 0 Å². The third-order valence-corrected chi connectivity index (χ3v) is 3.12. The summed E-state index contributed by atoms with van der Waals surface area (Å²) in [7, 11) is 0. The number of aryl methyl sites for hydroxylation is 1. The lowest BCUT2D eigenvalue weighted by atomic mass is 10.1. The Morgan fingerprint density at radius 3 is 2.41 bits per heavy atom. The summed E-state index contributed by atoms with van der Waals surface area (Å²) in [5.74, 6) is 0. The highest BCUT2D eigenvalue weighted by atomic mass is 16.5. The summed E-state index contributed by atoms with van der Waals surface area (Å²) in [6.07, 6.45) is 6.86. The van der Waals surface area contributed by atoms with Crippen LogP contribution in [0.4, 0.5) is 0 Å². The zero-order valence-electron chi connectivity index (χ0n) is 11.5. The number of unbranched alkanes of at least 4 members (excludes halogenated alkanes) is 3. The normalized spacial score (nSPS) is 12.6. The molecule has 0 aliphatic rings. The van der Waals surface area contributed by atoms with Crippen molar-refractivity contribution >= 4 is 0 Å². The third kappa shape index (κ3) is 6.48. The first-order valence-electron chi connectivity index (χ1n) is 6.89. The molecule has 0 amide bonds. The standard InChI is InChI=1S/C16H26O/c1-4-5-6-7-8-15(3)17-13-16-11-9-14(2)10-12-16/h9-12,15H,4-8,13H2,1-3H3. The molecule has 0 bridgehead atoms. The van der Waals surface area contributed by atoms with E-state index in [-0.39, 0.29) is 0 Å². The second-order valence-corrected chi connectivity index (χ2v) is 4.96. The van der Waals surface area contributed by atoms with Crippen molar-refractivity contribution in [1.29, 1.82) is 0 Å². The van der Waals surface area contributed by atoms with Gasteiger partial charge in [0.2, 0.25) is 0 Å². The highest BCUT2D eigenvalue weighted by molar-refractivity contribution is 5.20. The lowest BCUT2D eigenvalue weighted by Crippen LogP contribution is -2.07. The molecule has 0 fully saturated rings. The van der Waals surface area contributed by atoms with Gasteiger partial charge < -0.3 is 4.74 Å². The minimum atomic E-state index is 0.383. The van der Waals surface area contributed by atoms with Crippen molar-refractivity contribution in [2.24, 2.45) is 0 Å². The Kier molecular flexibility index (Phi) is 6.95. The van der Waals surface area contributed by atoms with Crippen molar-refractivity contribution in [3.05, 3.63) is 35.4 Å². The summed E-state index contributed by atoms with van der Waals surface area (Å²) in [6, 6.07) is 8.59. The highest BCUT2D eigenvalue weighted by Crippen LogP contribution is 2.11. The molecule has 0 radical (unpaired) electrons. The predicted octanol–water partition coefficient (Wildman–Crippen LogP) is 4.87. The number of hydrogen-bond acceptors (Lipinski definition) is 1. The van der Waals surface area contributed by atoms with Crippen molar-refractivity contribution in [2.75, 3.05) is 0 Å². The maximum absolute atomic E-state index is 5.85. The van der Waals surface area contributed by atoms with Gasteiger partial charge in [0.15, 0.2) is 0 Å². The molecular weight excluding hydrogens is 208 g/mol. The molecule has 0 heterocycles. The van der Waals surface area contributed by atoms with Crippen LogP contribution in [0.15, 0.2) is 24.3 Å². The van der Waals surface area contributed by atoms with E-state index >= 15 is 0 Å². The molecule has 0 saturated heterocycles. The molecule has 1 nitrogen and oxygen atoms in total. The van der Waals surface area contributed by atoms with Crippen molar-refractivity contribution in [1.82, 2.24) is 0 Å². The topological polar surface area (TPSA) is 9.23 Å². The van der Waals surface area contributed by atoms with E-state index in [4.69, 9.17) is 4.74 Å². The zero-order valence-corrected chi connectivity index (χ0v) is 11.5. The number of rotatable bonds is 8. The van der Waals surface area contributed by atoms with Gasteiger partial charge >= 0.3 is 0 Å². The van der Waals surface area contributed by atoms with E-state index in [1.54, 1.807) is 0 Å². The van der Waals surface area contributed by atoms with E-state index in [0.29, 0.717) is 6.10 Å². The maximum Gasteiger partial charge on any atom is 0.0720 e. The van der Waals surface area contributed by atoms with E-state index in [1.807, 2.05) is 0 Å². The van der Waals surface area contributed by atoms with Gasteiger partial charge in [-0.3, -0.25) is 0 Å².